The lowest BCUT2D eigenvalue weighted by Gasteiger charge is -2.35. The van der Waals surface area contributed by atoms with Crippen molar-refractivity contribution in [2.75, 3.05) is 6.61 Å². The van der Waals surface area contributed by atoms with Gasteiger partial charge < -0.3 is 14.2 Å². The van der Waals surface area contributed by atoms with Gasteiger partial charge in [0.15, 0.2) is 0 Å². The summed E-state index contributed by atoms with van der Waals surface area (Å²) in [5, 5.41) is 0. The summed E-state index contributed by atoms with van der Waals surface area (Å²) in [6.07, 6.45) is 0.894. The summed E-state index contributed by atoms with van der Waals surface area (Å²) in [6, 6.07) is 48.0. The van der Waals surface area contributed by atoms with E-state index in [9.17, 15) is 0 Å². The van der Waals surface area contributed by atoms with Gasteiger partial charge >= 0.3 is 0 Å². The van der Waals surface area contributed by atoms with Crippen LogP contribution in [0.2, 0.25) is 0 Å². The third-order valence-electron chi connectivity index (χ3n) is 7.67. The van der Waals surface area contributed by atoms with Gasteiger partial charge in [0.2, 0.25) is 0 Å². The average molecular weight is 557 g/mol. The Labute approximate surface area is 250 Å². The molecular formula is C39H40O3. The molecule has 0 saturated carbocycles. The fourth-order valence-corrected chi connectivity index (χ4v) is 5.19. The van der Waals surface area contributed by atoms with Crippen molar-refractivity contribution in [1.29, 1.82) is 0 Å². The highest BCUT2D eigenvalue weighted by molar-refractivity contribution is 5.34. The van der Waals surface area contributed by atoms with E-state index in [1.54, 1.807) is 0 Å². The van der Waals surface area contributed by atoms with Crippen molar-refractivity contribution in [3.63, 3.8) is 0 Å². The van der Waals surface area contributed by atoms with Gasteiger partial charge in [0.25, 0.3) is 0 Å². The Morgan fingerprint density at radius 3 is 1.38 bits per heavy atom. The molecule has 0 aliphatic carbocycles. The van der Waals surface area contributed by atoms with Gasteiger partial charge in [-0.15, -0.1) is 0 Å². The van der Waals surface area contributed by atoms with E-state index >= 15 is 0 Å². The maximum Gasteiger partial charge on any atom is 0.119 e. The maximum absolute atomic E-state index is 6.28. The van der Waals surface area contributed by atoms with Crippen LogP contribution in [0.3, 0.4) is 0 Å². The molecule has 3 nitrogen and oxygen atoms in total. The van der Waals surface area contributed by atoms with Crippen LogP contribution in [0, 0.1) is 5.41 Å². The molecule has 3 heteroatoms. The normalized spacial score (nSPS) is 12.0. The fourth-order valence-electron chi connectivity index (χ4n) is 5.19. The zero-order valence-electron chi connectivity index (χ0n) is 24.6. The molecule has 5 aromatic carbocycles. The lowest BCUT2D eigenvalue weighted by molar-refractivity contribution is 0.0369. The molecule has 0 heterocycles. The van der Waals surface area contributed by atoms with Crippen molar-refractivity contribution >= 4 is 0 Å². The molecule has 0 aliphatic rings. The summed E-state index contributed by atoms with van der Waals surface area (Å²) < 4.78 is 18.4. The minimum atomic E-state index is -0.107. The number of rotatable bonds is 14. The van der Waals surface area contributed by atoms with Gasteiger partial charge in [-0.1, -0.05) is 129 Å². The molecule has 1 unspecified atom stereocenters. The second-order valence-electron chi connectivity index (χ2n) is 11.5. The summed E-state index contributed by atoms with van der Waals surface area (Å²) in [6.45, 7) is 6.99. The van der Waals surface area contributed by atoms with Gasteiger partial charge in [-0.05, 0) is 69.8 Å². The highest BCUT2D eigenvalue weighted by Crippen LogP contribution is 2.39. The minimum Gasteiger partial charge on any atom is -0.489 e. The molecule has 214 valence electrons. The zero-order valence-corrected chi connectivity index (χ0v) is 24.6. The molecule has 0 bridgehead atoms. The molecule has 0 fully saturated rings. The molecule has 0 N–H and O–H groups in total. The Hall–Kier alpha value is -4.34. The van der Waals surface area contributed by atoms with E-state index in [2.05, 4.69) is 111 Å². The quantitative estimate of drug-likeness (QED) is 0.136. The molecular weight excluding hydrogens is 516 g/mol. The molecule has 0 saturated heterocycles. The van der Waals surface area contributed by atoms with Crippen molar-refractivity contribution in [3.05, 3.63) is 167 Å². The molecule has 42 heavy (non-hydrogen) atoms. The van der Waals surface area contributed by atoms with Gasteiger partial charge in [-0.3, -0.25) is 0 Å². The van der Waals surface area contributed by atoms with Crippen molar-refractivity contribution in [2.45, 2.75) is 46.0 Å². The summed E-state index contributed by atoms with van der Waals surface area (Å²) in [5.41, 5.74) is 5.95. The first kappa shape index (κ1) is 29.2. The lowest BCUT2D eigenvalue weighted by atomic mass is 9.72. The largest absolute Gasteiger partial charge is 0.489 e. The van der Waals surface area contributed by atoms with Crippen molar-refractivity contribution in [2.24, 2.45) is 5.41 Å². The Morgan fingerprint density at radius 2 is 0.905 bits per heavy atom. The van der Waals surface area contributed by atoms with E-state index in [0.717, 1.165) is 29.0 Å². The lowest BCUT2D eigenvalue weighted by Crippen LogP contribution is -2.29. The van der Waals surface area contributed by atoms with Crippen LogP contribution in [-0.4, -0.2) is 6.61 Å². The van der Waals surface area contributed by atoms with Gasteiger partial charge in [-0.2, -0.15) is 0 Å². The van der Waals surface area contributed by atoms with E-state index in [4.69, 9.17) is 14.2 Å². The van der Waals surface area contributed by atoms with Gasteiger partial charge in [0, 0.05) is 0 Å². The Kier molecular flexibility index (Phi) is 10.1. The molecule has 0 aromatic heterocycles. The molecule has 0 radical (unpaired) electrons. The van der Waals surface area contributed by atoms with Crippen LogP contribution < -0.4 is 9.47 Å². The maximum atomic E-state index is 6.28. The molecule has 5 rings (SSSR count). The summed E-state index contributed by atoms with van der Waals surface area (Å²) in [4.78, 5) is 0. The van der Waals surface area contributed by atoms with E-state index < -0.39 is 0 Å². The second-order valence-corrected chi connectivity index (χ2v) is 11.5. The first-order valence-corrected chi connectivity index (χ1v) is 14.7. The van der Waals surface area contributed by atoms with Gasteiger partial charge in [0.1, 0.15) is 24.7 Å². The topological polar surface area (TPSA) is 27.7 Å². The first-order valence-electron chi connectivity index (χ1n) is 14.7. The number of benzene rings is 5. The van der Waals surface area contributed by atoms with Crippen LogP contribution >= 0.6 is 0 Å². The number of ether oxygens (including phenoxy) is 3. The second kappa shape index (κ2) is 14.5. The summed E-state index contributed by atoms with van der Waals surface area (Å²) >= 11 is 0. The molecule has 0 amide bonds. The van der Waals surface area contributed by atoms with E-state index in [0.29, 0.717) is 26.4 Å². The fraction of sp³-hybridized carbons (Fsp3) is 0.231. The third kappa shape index (κ3) is 8.58. The summed E-state index contributed by atoms with van der Waals surface area (Å²) in [5.74, 6) is 2.00. The van der Waals surface area contributed by atoms with Crippen LogP contribution in [0.5, 0.6) is 11.5 Å². The Morgan fingerprint density at radius 1 is 0.476 bits per heavy atom. The number of hydrogen-bond acceptors (Lipinski definition) is 3. The number of hydrogen-bond donors (Lipinski definition) is 0. The SMILES string of the molecule is CC(C)(COCc1ccccc1)C(Cc1ccc(OCc2ccccc2)cc1)c1ccc(OCc2ccccc2)cc1. The third-order valence-corrected chi connectivity index (χ3v) is 7.67. The minimum absolute atomic E-state index is 0.107. The summed E-state index contributed by atoms with van der Waals surface area (Å²) in [7, 11) is 0. The molecule has 1 atom stereocenters. The molecule has 0 spiro atoms. The van der Waals surface area contributed by atoms with E-state index in [1.807, 2.05) is 42.5 Å². The zero-order chi connectivity index (χ0) is 29.0. The monoisotopic (exact) mass is 556 g/mol. The standard InChI is InChI=1S/C39H40O3/c1-39(2,30-40-27-32-12-6-3-7-13-32)38(35-20-24-37(25-21-35)42-29-34-16-10-5-11-17-34)26-31-18-22-36(23-19-31)41-28-33-14-8-4-9-15-33/h3-25,38H,26-30H2,1-2H3. The van der Waals surface area contributed by atoms with Crippen LogP contribution in [0.25, 0.3) is 0 Å². The van der Waals surface area contributed by atoms with Crippen molar-refractivity contribution in [1.82, 2.24) is 0 Å². The Bertz CT molecular complexity index is 1460. The smallest absolute Gasteiger partial charge is 0.119 e. The highest BCUT2D eigenvalue weighted by atomic mass is 16.5. The van der Waals surface area contributed by atoms with Crippen LogP contribution in [-0.2, 0) is 31.0 Å². The van der Waals surface area contributed by atoms with Crippen LogP contribution in [0.15, 0.2) is 140 Å². The van der Waals surface area contributed by atoms with E-state index in [-0.39, 0.29) is 11.3 Å². The van der Waals surface area contributed by atoms with Crippen molar-refractivity contribution in [3.8, 4) is 11.5 Å². The highest BCUT2D eigenvalue weighted by Gasteiger charge is 2.31. The van der Waals surface area contributed by atoms with Gasteiger partial charge in [0.05, 0.1) is 13.2 Å². The molecule has 0 aliphatic heterocycles. The van der Waals surface area contributed by atoms with Crippen LogP contribution in [0.1, 0.15) is 47.6 Å². The van der Waals surface area contributed by atoms with Crippen LogP contribution in [0.4, 0.5) is 0 Å². The predicted octanol–water partition coefficient (Wildman–Crippen LogP) is 9.41. The molecule has 5 aromatic rings. The van der Waals surface area contributed by atoms with E-state index in [1.165, 1.54) is 16.7 Å². The predicted molar refractivity (Wildman–Crippen MR) is 171 cm³/mol. The first-order chi connectivity index (χ1) is 20.5. The average Bonchev–Trinajstić information content (AvgIpc) is 3.04. The van der Waals surface area contributed by atoms with Crippen molar-refractivity contribution < 1.29 is 14.2 Å². The Balaban J connectivity index is 1.28. The van der Waals surface area contributed by atoms with Gasteiger partial charge in [-0.25, -0.2) is 0 Å².